The fourth-order valence-electron chi connectivity index (χ4n) is 12.6. The molecule has 10 aromatic rings. The van der Waals surface area contributed by atoms with Crippen LogP contribution in [0.2, 0.25) is 0 Å². The second-order valence-electron chi connectivity index (χ2n) is 20.0. The zero-order valence-corrected chi connectivity index (χ0v) is 36.8. The molecule has 0 atom stereocenters. The molecule has 300 valence electrons. The van der Waals surface area contributed by atoms with Gasteiger partial charge < -0.3 is 0 Å². The largest absolute Gasteiger partial charge is 0.0619 e. The van der Waals surface area contributed by atoms with Gasteiger partial charge in [0, 0.05) is 16.2 Å². The van der Waals surface area contributed by atoms with E-state index in [0.717, 1.165) is 0 Å². The van der Waals surface area contributed by atoms with E-state index < -0.39 is 0 Å². The van der Waals surface area contributed by atoms with Crippen molar-refractivity contribution in [1.82, 2.24) is 0 Å². The Morgan fingerprint density at radius 1 is 0.254 bits per heavy atom. The Morgan fingerprint density at radius 3 is 1.44 bits per heavy atom. The minimum absolute atomic E-state index is 0.0351. The fourth-order valence-corrected chi connectivity index (χ4v) is 12.6. The van der Waals surface area contributed by atoms with E-state index in [9.17, 15) is 0 Å². The molecule has 0 fully saturated rings. The van der Waals surface area contributed by atoms with E-state index in [1.807, 2.05) is 0 Å². The summed E-state index contributed by atoms with van der Waals surface area (Å²) in [7, 11) is 0. The topological polar surface area (TPSA) is 0 Å². The molecule has 0 spiro atoms. The summed E-state index contributed by atoms with van der Waals surface area (Å²) in [5.41, 5.74) is 24.2. The Hall–Kier alpha value is -7.02. The highest BCUT2D eigenvalue weighted by Crippen LogP contribution is 2.59. The van der Waals surface area contributed by atoms with Crippen LogP contribution in [0.15, 0.2) is 182 Å². The fraction of sp³-hybridized carbons (Fsp3) is 0.143. The molecule has 0 saturated carbocycles. The van der Waals surface area contributed by atoms with Crippen molar-refractivity contribution in [2.24, 2.45) is 0 Å². The zero-order valence-electron chi connectivity index (χ0n) is 36.8. The Kier molecular flexibility index (Phi) is 7.29. The minimum Gasteiger partial charge on any atom is -0.0619 e. The lowest BCUT2D eigenvalue weighted by atomic mass is 9.77. The van der Waals surface area contributed by atoms with Gasteiger partial charge >= 0.3 is 0 Å². The summed E-state index contributed by atoms with van der Waals surface area (Å²) in [5.74, 6) is 0. The van der Waals surface area contributed by atoms with Gasteiger partial charge in [0.05, 0.1) is 0 Å². The van der Waals surface area contributed by atoms with Gasteiger partial charge in [-0.15, -0.1) is 0 Å². The normalized spacial score (nSPS) is 15.5. The van der Waals surface area contributed by atoms with Crippen molar-refractivity contribution in [3.8, 4) is 66.8 Å². The molecule has 3 aliphatic carbocycles. The summed E-state index contributed by atoms with van der Waals surface area (Å²) < 4.78 is 0. The van der Waals surface area contributed by atoms with E-state index >= 15 is 0 Å². The third-order valence-corrected chi connectivity index (χ3v) is 15.6. The van der Waals surface area contributed by atoms with Crippen LogP contribution >= 0.6 is 0 Å². The first-order valence-electron chi connectivity index (χ1n) is 22.7. The molecule has 0 amide bonds. The van der Waals surface area contributed by atoms with E-state index in [4.69, 9.17) is 0 Å². The number of rotatable bonds is 3. The molecule has 0 radical (unpaired) electrons. The van der Waals surface area contributed by atoms with E-state index in [1.54, 1.807) is 0 Å². The van der Waals surface area contributed by atoms with Crippen LogP contribution < -0.4 is 0 Å². The third-order valence-electron chi connectivity index (χ3n) is 15.6. The summed E-state index contributed by atoms with van der Waals surface area (Å²) in [6, 6.07) is 69.4. The molecule has 0 heterocycles. The summed E-state index contributed by atoms with van der Waals surface area (Å²) >= 11 is 0. The number of hydrogen-bond donors (Lipinski definition) is 0. The van der Waals surface area contributed by atoms with Gasteiger partial charge in [-0.25, -0.2) is 0 Å². The summed E-state index contributed by atoms with van der Waals surface area (Å²) in [6.45, 7) is 14.5. The summed E-state index contributed by atoms with van der Waals surface area (Å²) in [6.07, 6.45) is 0. The lowest BCUT2D eigenvalue weighted by Crippen LogP contribution is -2.17. The zero-order chi connectivity index (χ0) is 42.6. The van der Waals surface area contributed by atoms with Gasteiger partial charge in [0.1, 0.15) is 0 Å². The molecule has 13 rings (SSSR count). The Balaban J connectivity index is 0.955. The van der Waals surface area contributed by atoms with Crippen LogP contribution in [0.25, 0.3) is 99.1 Å². The first kappa shape index (κ1) is 36.6. The van der Waals surface area contributed by atoms with Crippen molar-refractivity contribution < 1.29 is 0 Å². The predicted molar refractivity (Wildman–Crippen MR) is 268 cm³/mol. The standard InChI is InChI=1S/C63H48/c1-61(2)53-28-14-13-20-42(53)51-35-57-52(36-56(51)61)49-27-16-25-41(60(49)63(57,5)6)38-30-32-54-50(33-38)43-31-29-39(34-55(43)62(54,3)4)58-45-21-9-11-23-47(45)59(48-24-12-10-22-46(48)58)44-26-15-18-37-17-7-8-19-40(37)44/h7-36H,1-6H3. The van der Waals surface area contributed by atoms with Crippen molar-refractivity contribution in [3.63, 3.8) is 0 Å². The Morgan fingerprint density at radius 2 is 0.714 bits per heavy atom. The molecule has 0 aromatic heterocycles. The van der Waals surface area contributed by atoms with Gasteiger partial charge in [-0.3, -0.25) is 0 Å². The molecule has 10 aromatic carbocycles. The predicted octanol–water partition coefficient (Wildman–Crippen LogP) is 17.1. The molecule has 0 unspecified atom stereocenters. The minimum atomic E-state index is -0.161. The Labute approximate surface area is 370 Å². The lowest BCUT2D eigenvalue weighted by molar-refractivity contribution is 0.652. The first-order valence-corrected chi connectivity index (χ1v) is 22.7. The van der Waals surface area contributed by atoms with Crippen LogP contribution in [0.3, 0.4) is 0 Å². The van der Waals surface area contributed by atoms with Crippen molar-refractivity contribution in [2.75, 3.05) is 0 Å². The smallest absolute Gasteiger partial charge is 0.0165 e. The van der Waals surface area contributed by atoms with Gasteiger partial charge in [-0.2, -0.15) is 0 Å². The SMILES string of the molecule is CC1(C)c2ccc(-c3cccc4c3C(C)(C)c3cc5c(cc3-4)C(C)(C)c3ccccc3-5)cc2-c2ccc(-c3c4ccccc4c(-c4cccc5ccccc45)c4ccccc34)cc21. The van der Waals surface area contributed by atoms with Crippen molar-refractivity contribution in [3.05, 3.63) is 215 Å². The van der Waals surface area contributed by atoms with Gasteiger partial charge in [-0.1, -0.05) is 199 Å². The van der Waals surface area contributed by atoms with E-state index in [1.165, 1.54) is 132 Å². The van der Waals surface area contributed by atoms with Crippen LogP contribution in [-0.2, 0) is 16.2 Å². The van der Waals surface area contributed by atoms with Crippen LogP contribution in [0.5, 0.6) is 0 Å². The summed E-state index contributed by atoms with van der Waals surface area (Å²) in [4.78, 5) is 0. The van der Waals surface area contributed by atoms with Crippen LogP contribution in [0, 0.1) is 0 Å². The van der Waals surface area contributed by atoms with Gasteiger partial charge in [0.2, 0.25) is 0 Å². The van der Waals surface area contributed by atoms with E-state index in [0.29, 0.717) is 0 Å². The average Bonchev–Trinajstić information content (AvgIpc) is 3.78. The Bertz CT molecular complexity index is 3580. The molecule has 63 heavy (non-hydrogen) atoms. The van der Waals surface area contributed by atoms with Crippen LogP contribution in [0.4, 0.5) is 0 Å². The van der Waals surface area contributed by atoms with Crippen LogP contribution in [-0.4, -0.2) is 0 Å². The molecule has 0 nitrogen and oxygen atoms in total. The van der Waals surface area contributed by atoms with Crippen molar-refractivity contribution >= 4 is 32.3 Å². The van der Waals surface area contributed by atoms with Gasteiger partial charge in [0.25, 0.3) is 0 Å². The first-order chi connectivity index (χ1) is 30.5. The number of fused-ring (bicyclic) bond motifs is 12. The second kappa shape index (κ2) is 12.6. The second-order valence-corrected chi connectivity index (χ2v) is 20.0. The monoisotopic (exact) mass is 804 g/mol. The molecule has 0 N–H and O–H groups in total. The maximum atomic E-state index is 2.53. The lowest BCUT2D eigenvalue weighted by Gasteiger charge is -2.26. The molecule has 0 heteroatoms. The quantitative estimate of drug-likeness (QED) is 0.156. The van der Waals surface area contributed by atoms with Crippen molar-refractivity contribution in [2.45, 2.75) is 57.8 Å². The molecular weight excluding hydrogens is 757 g/mol. The highest BCUT2D eigenvalue weighted by atomic mass is 14.5. The third kappa shape index (κ3) is 4.82. The van der Waals surface area contributed by atoms with Crippen LogP contribution in [0.1, 0.15) is 74.9 Å². The number of benzene rings is 10. The average molecular weight is 805 g/mol. The summed E-state index contributed by atoms with van der Waals surface area (Å²) in [5, 5.41) is 7.69. The molecule has 0 saturated heterocycles. The maximum absolute atomic E-state index is 2.53. The van der Waals surface area contributed by atoms with Crippen molar-refractivity contribution in [1.29, 1.82) is 0 Å². The highest BCUT2D eigenvalue weighted by Gasteiger charge is 2.43. The molecule has 0 bridgehead atoms. The van der Waals surface area contributed by atoms with Gasteiger partial charge in [-0.05, 0) is 157 Å². The molecule has 0 aliphatic heterocycles. The van der Waals surface area contributed by atoms with Gasteiger partial charge in [0.15, 0.2) is 0 Å². The van der Waals surface area contributed by atoms with E-state index in [2.05, 4.69) is 224 Å². The number of hydrogen-bond acceptors (Lipinski definition) is 0. The molecular formula is C63H48. The van der Waals surface area contributed by atoms with E-state index in [-0.39, 0.29) is 16.2 Å². The maximum Gasteiger partial charge on any atom is 0.0165 e. The molecule has 3 aliphatic rings. The highest BCUT2D eigenvalue weighted by molar-refractivity contribution is 6.23.